The van der Waals surface area contributed by atoms with E-state index < -0.39 is 0 Å². The predicted molar refractivity (Wildman–Crippen MR) is 90.9 cm³/mol. The first-order valence-corrected chi connectivity index (χ1v) is 8.09. The Hall–Kier alpha value is -2.48. The number of pyridine rings is 1. The van der Waals surface area contributed by atoms with E-state index in [1.165, 1.54) is 11.8 Å². The maximum atomic E-state index is 10.9. The average molecular weight is 330 g/mol. The van der Waals surface area contributed by atoms with Crippen LogP contribution in [0.15, 0.2) is 24.7 Å². The van der Waals surface area contributed by atoms with Crippen LogP contribution < -0.4 is 4.90 Å². The highest BCUT2D eigenvalue weighted by Crippen LogP contribution is 2.22. The lowest BCUT2D eigenvalue weighted by molar-refractivity contribution is -0.385. The summed E-state index contributed by atoms with van der Waals surface area (Å²) in [5.74, 6) is 0.821. The number of aromatic nitrogens is 3. The Kier molecular flexibility index (Phi) is 4.75. The van der Waals surface area contributed by atoms with Crippen molar-refractivity contribution in [3.63, 3.8) is 0 Å². The molecule has 0 aliphatic carbocycles. The molecule has 3 rings (SSSR count). The molecule has 0 saturated carbocycles. The van der Waals surface area contributed by atoms with Gasteiger partial charge in [-0.2, -0.15) is 5.10 Å². The minimum atomic E-state index is -0.385. The Morgan fingerprint density at radius 2 is 2.08 bits per heavy atom. The molecule has 0 amide bonds. The van der Waals surface area contributed by atoms with Gasteiger partial charge in [0, 0.05) is 57.1 Å². The van der Waals surface area contributed by atoms with Crippen LogP contribution in [0.2, 0.25) is 0 Å². The normalized spacial score (nSPS) is 16.2. The molecule has 1 fully saturated rings. The van der Waals surface area contributed by atoms with E-state index in [1.807, 2.05) is 30.2 Å². The molecule has 1 saturated heterocycles. The van der Waals surface area contributed by atoms with Gasteiger partial charge in [-0.3, -0.25) is 19.7 Å². The van der Waals surface area contributed by atoms with Gasteiger partial charge in [-0.1, -0.05) is 0 Å². The van der Waals surface area contributed by atoms with Crippen LogP contribution >= 0.6 is 0 Å². The molecule has 1 aliphatic heterocycles. The van der Waals surface area contributed by atoms with Crippen molar-refractivity contribution in [2.75, 3.05) is 31.1 Å². The van der Waals surface area contributed by atoms with E-state index in [1.54, 1.807) is 6.92 Å². The maximum absolute atomic E-state index is 10.9. The summed E-state index contributed by atoms with van der Waals surface area (Å²) in [5, 5.41) is 15.1. The first-order valence-electron chi connectivity index (χ1n) is 8.09. The summed E-state index contributed by atoms with van der Waals surface area (Å²) < 4.78 is 1.82. The Bertz CT molecular complexity index is 729. The van der Waals surface area contributed by atoms with Gasteiger partial charge in [-0.15, -0.1) is 0 Å². The van der Waals surface area contributed by atoms with E-state index in [9.17, 15) is 10.1 Å². The van der Waals surface area contributed by atoms with Gasteiger partial charge in [0.05, 0.1) is 11.1 Å². The third kappa shape index (κ3) is 3.70. The van der Waals surface area contributed by atoms with Crippen LogP contribution in [-0.4, -0.2) is 50.8 Å². The topological polar surface area (TPSA) is 80.3 Å². The molecule has 24 heavy (non-hydrogen) atoms. The summed E-state index contributed by atoms with van der Waals surface area (Å²) in [6.45, 7) is 6.40. The van der Waals surface area contributed by atoms with Crippen molar-refractivity contribution >= 4 is 11.5 Å². The number of rotatable bonds is 4. The number of aryl methyl sites for hydroxylation is 2. The molecule has 0 N–H and O–H groups in total. The van der Waals surface area contributed by atoms with Crippen molar-refractivity contribution in [2.45, 2.75) is 19.9 Å². The number of nitro groups is 1. The van der Waals surface area contributed by atoms with Gasteiger partial charge in [-0.25, -0.2) is 4.98 Å². The number of hydrogen-bond acceptors (Lipinski definition) is 6. The second-order valence-electron chi connectivity index (χ2n) is 6.23. The van der Waals surface area contributed by atoms with Crippen LogP contribution in [-0.2, 0) is 13.6 Å². The second-order valence-corrected chi connectivity index (χ2v) is 6.23. The molecule has 8 nitrogen and oxygen atoms in total. The summed E-state index contributed by atoms with van der Waals surface area (Å²) in [6.07, 6.45) is 6.36. The minimum Gasteiger partial charge on any atom is -0.355 e. The van der Waals surface area contributed by atoms with Gasteiger partial charge in [0.15, 0.2) is 0 Å². The van der Waals surface area contributed by atoms with Crippen LogP contribution in [0, 0.1) is 17.0 Å². The third-order valence-corrected chi connectivity index (χ3v) is 4.34. The Balaban J connectivity index is 1.65. The number of nitrogens with zero attached hydrogens (tertiary/aromatic N) is 6. The molecular formula is C16H22N6O2. The summed E-state index contributed by atoms with van der Waals surface area (Å²) >= 11 is 0. The zero-order valence-corrected chi connectivity index (χ0v) is 14.1. The van der Waals surface area contributed by atoms with E-state index in [2.05, 4.69) is 19.9 Å². The number of anilines is 1. The third-order valence-electron chi connectivity index (χ3n) is 4.34. The Morgan fingerprint density at radius 1 is 1.25 bits per heavy atom. The van der Waals surface area contributed by atoms with Crippen LogP contribution in [0.25, 0.3) is 0 Å². The summed E-state index contributed by atoms with van der Waals surface area (Å²) in [5.41, 5.74) is 1.95. The average Bonchev–Trinajstić information content (AvgIpc) is 2.80. The lowest BCUT2D eigenvalue weighted by atomic mass is 10.2. The zero-order valence-electron chi connectivity index (χ0n) is 14.1. The molecule has 0 radical (unpaired) electrons. The molecule has 0 aromatic carbocycles. The van der Waals surface area contributed by atoms with Crippen molar-refractivity contribution in [3.05, 3.63) is 45.9 Å². The highest BCUT2D eigenvalue weighted by Gasteiger charge is 2.19. The van der Waals surface area contributed by atoms with Gasteiger partial charge < -0.3 is 4.90 Å². The van der Waals surface area contributed by atoms with E-state index >= 15 is 0 Å². The molecule has 8 heteroatoms. The van der Waals surface area contributed by atoms with Gasteiger partial charge in [0.25, 0.3) is 5.69 Å². The second kappa shape index (κ2) is 6.96. The summed E-state index contributed by atoms with van der Waals surface area (Å²) in [4.78, 5) is 19.4. The SMILES string of the molecule is Cc1cc(N2CCCN(Cc3cnn(C)c3)CC2)ncc1[N+](=O)[O-]. The molecule has 1 aliphatic rings. The van der Waals surface area contributed by atoms with Gasteiger partial charge in [0.2, 0.25) is 0 Å². The first-order chi connectivity index (χ1) is 11.5. The van der Waals surface area contributed by atoms with Crippen LogP contribution in [0.1, 0.15) is 17.5 Å². The van der Waals surface area contributed by atoms with Crippen LogP contribution in [0.4, 0.5) is 11.5 Å². The highest BCUT2D eigenvalue weighted by atomic mass is 16.6. The molecule has 3 heterocycles. The largest absolute Gasteiger partial charge is 0.355 e. The van der Waals surface area contributed by atoms with Gasteiger partial charge in [0.1, 0.15) is 12.0 Å². The quantitative estimate of drug-likeness (QED) is 0.627. The molecule has 0 atom stereocenters. The minimum absolute atomic E-state index is 0.0757. The fraction of sp³-hybridized carbons (Fsp3) is 0.500. The van der Waals surface area contributed by atoms with Crippen molar-refractivity contribution in [1.82, 2.24) is 19.7 Å². The van der Waals surface area contributed by atoms with E-state index in [4.69, 9.17) is 0 Å². The monoisotopic (exact) mass is 330 g/mol. The molecule has 2 aromatic heterocycles. The Morgan fingerprint density at radius 3 is 2.75 bits per heavy atom. The van der Waals surface area contributed by atoms with Crippen molar-refractivity contribution in [1.29, 1.82) is 0 Å². The number of hydrogen-bond donors (Lipinski definition) is 0. The highest BCUT2D eigenvalue weighted by molar-refractivity contribution is 5.48. The lowest BCUT2D eigenvalue weighted by Crippen LogP contribution is -2.31. The van der Waals surface area contributed by atoms with Gasteiger partial charge in [-0.05, 0) is 19.4 Å². The molecule has 0 unspecified atom stereocenters. The summed E-state index contributed by atoms with van der Waals surface area (Å²) in [6, 6.07) is 1.81. The standard InChI is InChI=1S/C16H22N6O2/c1-13-8-16(17-10-15(13)22(23)24)21-5-3-4-20(6-7-21)12-14-9-18-19(2)11-14/h8-11H,3-7,12H2,1-2H3. The fourth-order valence-corrected chi connectivity index (χ4v) is 3.07. The predicted octanol–water partition coefficient (Wildman–Crippen LogP) is 1.74. The maximum Gasteiger partial charge on any atom is 0.290 e. The summed E-state index contributed by atoms with van der Waals surface area (Å²) in [7, 11) is 1.93. The van der Waals surface area contributed by atoms with E-state index in [-0.39, 0.29) is 10.6 Å². The van der Waals surface area contributed by atoms with Crippen LogP contribution in [0.3, 0.4) is 0 Å². The smallest absolute Gasteiger partial charge is 0.290 e. The molecule has 0 spiro atoms. The molecule has 128 valence electrons. The zero-order chi connectivity index (χ0) is 17.1. The van der Waals surface area contributed by atoms with E-state index in [0.717, 1.165) is 45.0 Å². The Labute approximate surface area is 140 Å². The van der Waals surface area contributed by atoms with Crippen LogP contribution in [0.5, 0.6) is 0 Å². The molecule has 2 aromatic rings. The van der Waals surface area contributed by atoms with Crippen molar-refractivity contribution in [3.8, 4) is 0 Å². The van der Waals surface area contributed by atoms with E-state index in [0.29, 0.717) is 5.56 Å². The molecular weight excluding hydrogens is 308 g/mol. The van der Waals surface area contributed by atoms with Crippen molar-refractivity contribution < 1.29 is 4.92 Å². The van der Waals surface area contributed by atoms with Crippen molar-refractivity contribution in [2.24, 2.45) is 7.05 Å². The lowest BCUT2D eigenvalue weighted by Gasteiger charge is -2.22. The molecule has 0 bridgehead atoms. The van der Waals surface area contributed by atoms with Gasteiger partial charge >= 0.3 is 0 Å². The fourth-order valence-electron chi connectivity index (χ4n) is 3.07. The first kappa shape index (κ1) is 16.4.